The summed E-state index contributed by atoms with van der Waals surface area (Å²) in [4.78, 5) is 0. The molecule has 0 aliphatic rings. The average molecular weight is 246 g/mol. The van der Waals surface area contributed by atoms with Crippen LogP contribution in [0.3, 0.4) is 0 Å². The van der Waals surface area contributed by atoms with Gasteiger partial charge in [0.25, 0.3) is 0 Å². The maximum Gasteiger partial charge on any atom is 0.387 e. The van der Waals surface area contributed by atoms with Crippen molar-refractivity contribution in [1.82, 2.24) is 5.43 Å². The molecule has 96 valence electrons. The zero-order chi connectivity index (χ0) is 12.7. The van der Waals surface area contributed by atoms with Crippen LogP contribution in [0.5, 0.6) is 5.75 Å². The van der Waals surface area contributed by atoms with Gasteiger partial charge in [-0.1, -0.05) is 12.1 Å². The first kappa shape index (κ1) is 13.8. The fourth-order valence-corrected chi connectivity index (χ4v) is 1.36. The summed E-state index contributed by atoms with van der Waals surface area (Å²) in [6.45, 7) is 0.0765. The van der Waals surface area contributed by atoms with Crippen LogP contribution in [0.1, 0.15) is 18.5 Å². The number of nitrogens with two attached hydrogens (primary N) is 1. The molecule has 0 bridgehead atoms. The van der Waals surface area contributed by atoms with E-state index in [1.54, 1.807) is 12.1 Å². The van der Waals surface area contributed by atoms with Gasteiger partial charge < -0.3 is 9.47 Å². The number of rotatable bonds is 7. The van der Waals surface area contributed by atoms with Gasteiger partial charge in [0, 0.05) is 6.61 Å². The molecule has 0 saturated carbocycles. The third kappa shape index (κ3) is 4.64. The third-order valence-electron chi connectivity index (χ3n) is 2.20. The molecule has 0 radical (unpaired) electrons. The van der Waals surface area contributed by atoms with E-state index in [0.29, 0.717) is 13.2 Å². The highest BCUT2D eigenvalue weighted by Crippen LogP contribution is 2.19. The Morgan fingerprint density at radius 3 is 2.41 bits per heavy atom. The van der Waals surface area contributed by atoms with Crippen molar-refractivity contribution in [2.75, 3.05) is 13.2 Å². The Balaban J connectivity index is 2.64. The molecule has 0 spiro atoms. The molecule has 3 N–H and O–H groups in total. The number of halogens is 2. The Morgan fingerprint density at radius 2 is 1.94 bits per heavy atom. The summed E-state index contributed by atoms with van der Waals surface area (Å²) in [5.74, 6) is 5.50. The summed E-state index contributed by atoms with van der Waals surface area (Å²) in [5, 5.41) is 0. The fourth-order valence-electron chi connectivity index (χ4n) is 1.36. The Morgan fingerprint density at radius 1 is 1.29 bits per heavy atom. The minimum atomic E-state index is -2.81. The predicted octanol–water partition coefficient (Wildman–Crippen LogP) is 1.83. The van der Waals surface area contributed by atoms with Crippen LogP contribution in [0.2, 0.25) is 0 Å². The quantitative estimate of drug-likeness (QED) is 0.569. The lowest BCUT2D eigenvalue weighted by Crippen LogP contribution is -2.31. The monoisotopic (exact) mass is 246 g/mol. The lowest BCUT2D eigenvalue weighted by molar-refractivity contribution is -0.0498. The molecular weight excluding hydrogens is 230 g/mol. The smallest absolute Gasteiger partial charge is 0.387 e. The molecule has 0 amide bonds. The first-order valence-electron chi connectivity index (χ1n) is 5.26. The van der Waals surface area contributed by atoms with Crippen LogP contribution in [0.15, 0.2) is 24.3 Å². The first-order chi connectivity index (χ1) is 8.17. The van der Waals surface area contributed by atoms with E-state index in [-0.39, 0.29) is 11.8 Å². The van der Waals surface area contributed by atoms with Gasteiger partial charge in [0.2, 0.25) is 0 Å². The lowest BCUT2D eigenvalue weighted by atomic mass is 10.1. The molecule has 0 aliphatic heterocycles. The second kappa shape index (κ2) is 7.16. The number of ether oxygens (including phenoxy) is 2. The standard InChI is InChI=1S/C11H16F2N2O2/c1-2-16-7-10(15-14)8-3-5-9(6-4-8)17-11(12)13/h3-6,10-11,15H,2,7,14H2,1H3. The number of hydrogen-bond acceptors (Lipinski definition) is 4. The maximum atomic E-state index is 11.9. The van der Waals surface area contributed by atoms with Crippen molar-refractivity contribution in [2.24, 2.45) is 5.84 Å². The summed E-state index contributed by atoms with van der Waals surface area (Å²) in [7, 11) is 0. The van der Waals surface area contributed by atoms with Crippen LogP contribution in [-0.2, 0) is 4.74 Å². The van der Waals surface area contributed by atoms with Gasteiger partial charge in [-0.25, -0.2) is 0 Å². The normalized spacial score (nSPS) is 12.8. The van der Waals surface area contributed by atoms with E-state index in [2.05, 4.69) is 10.2 Å². The Hall–Kier alpha value is -1.24. The van der Waals surface area contributed by atoms with E-state index in [1.807, 2.05) is 6.92 Å². The molecule has 4 nitrogen and oxygen atoms in total. The largest absolute Gasteiger partial charge is 0.435 e. The molecule has 1 atom stereocenters. The van der Waals surface area contributed by atoms with Crippen LogP contribution < -0.4 is 16.0 Å². The highest BCUT2D eigenvalue weighted by Gasteiger charge is 2.10. The average Bonchev–Trinajstić information content (AvgIpc) is 2.31. The maximum absolute atomic E-state index is 11.9. The molecule has 1 rings (SSSR count). The van der Waals surface area contributed by atoms with E-state index in [4.69, 9.17) is 10.6 Å². The van der Waals surface area contributed by atoms with Gasteiger partial charge in [0.15, 0.2) is 0 Å². The van der Waals surface area contributed by atoms with Crippen molar-refractivity contribution >= 4 is 0 Å². The zero-order valence-corrected chi connectivity index (χ0v) is 9.53. The van der Waals surface area contributed by atoms with E-state index in [1.165, 1.54) is 12.1 Å². The number of nitrogens with one attached hydrogen (secondary N) is 1. The number of hydrazine groups is 1. The van der Waals surface area contributed by atoms with Crippen LogP contribution in [0.25, 0.3) is 0 Å². The van der Waals surface area contributed by atoms with E-state index >= 15 is 0 Å². The van der Waals surface area contributed by atoms with E-state index in [9.17, 15) is 8.78 Å². The lowest BCUT2D eigenvalue weighted by Gasteiger charge is -2.16. The van der Waals surface area contributed by atoms with Gasteiger partial charge in [0.1, 0.15) is 5.75 Å². The van der Waals surface area contributed by atoms with Gasteiger partial charge in [-0.2, -0.15) is 8.78 Å². The Kier molecular flexibility index (Phi) is 5.82. The van der Waals surface area contributed by atoms with Gasteiger partial charge in [-0.3, -0.25) is 11.3 Å². The summed E-state index contributed by atoms with van der Waals surface area (Å²) in [6.07, 6.45) is 0. The summed E-state index contributed by atoms with van der Waals surface area (Å²) < 4.78 is 33.4. The van der Waals surface area contributed by atoms with Crippen molar-refractivity contribution in [3.63, 3.8) is 0 Å². The van der Waals surface area contributed by atoms with Gasteiger partial charge in [0.05, 0.1) is 12.6 Å². The Bertz CT molecular complexity index is 320. The third-order valence-corrected chi connectivity index (χ3v) is 2.20. The molecule has 0 aromatic heterocycles. The molecule has 0 fully saturated rings. The minimum absolute atomic E-state index is 0.121. The molecule has 17 heavy (non-hydrogen) atoms. The molecule has 6 heteroatoms. The molecule has 1 aromatic carbocycles. The van der Waals surface area contributed by atoms with Gasteiger partial charge in [-0.05, 0) is 24.6 Å². The first-order valence-corrected chi connectivity index (χ1v) is 5.26. The van der Waals surface area contributed by atoms with Crippen LogP contribution in [0, 0.1) is 0 Å². The van der Waals surface area contributed by atoms with Crippen molar-refractivity contribution in [3.05, 3.63) is 29.8 Å². The molecular formula is C11H16F2N2O2. The highest BCUT2D eigenvalue weighted by atomic mass is 19.3. The number of hydrogen-bond donors (Lipinski definition) is 2. The number of alkyl halides is 2. The topological polar surface area (TPSA) is 56.5 Å². The second-order valence-corrected chi connectivity index (χ2v) is 3.33. The summed E-state index contributed by atoms with van der Waals surface area (Å²) in [5.41, 5.74) is 3.45. The second-order valence-electron chi connectivity index (χ2n) is 3.33. The molecule has 0 aliphatic carbocycles. The van der Waals surface area contributed by atoms with E-state index < -0.39 is 6.61 Å². The fraction of sp³-hybridized carbons (Fsp3) is 0.455. The van der Waals surface area contributed by atoms with Crippen LogP contribution in [-0.4, -0.2) is 19.8 Å². The molecule has 1 unspecified atom stereocenters. The molecule has 0 saturated heterocycles. The van der Waals surface area contributed by atoms with Gasteiger partial charge in [-0.15, -0.1) is 0 Å². The van der Waals surface area contributed by atoms with Crippen LogP contribution >= 0.6 is 0 Å². The van der Waals surface area contributed by atoms with Crippen molar-refractivity contribution in [2.45, 2.75) is 19.6 Å². The van der Waals surface area contributed by atoms with E-state index in [0.717, 1.165) is 5.56 Å². The minimum Gasteiger partial charge on any atom is -0.435 e. The van der Waals surface area contributed by atoms with Crippen LogP contribution in [0.4, 0.5) is 8.78 Å². The summed E-state index contributed by atoms with van der Waals surface area (Å²) >= 11 is 0. The number of benzene rings is 1. The molecule has 0 heterocycles. The van der Waals surface area contributed by atoms with Crippen molar-refractivity contribution in [1.29, 1.82) is 0 Å². The van der Waals surface area contributed by atoms with Crippen molar-refractivity contribution in [3.8, 4) is 5.75 Å². The van der Waals surface area contributed by atoms with Crippen molar-refractivity contribution < 1.29 is 18.3 Å². The molecule has 1 aromatic rings. The SMILES string of the molecule is CCOCC(NN)c1ccc(OC(F)F)cc1. The summed E-state index contributed by atoms with van der Waals surface area (Å²) in [6, 6.07) is 6.11. The zero-order valence-electron chi connectivity index (χ0n) is 9.53. The van der Waals surface area contributed by atoms with Gasteiger partial charge >= 0.3 is 6.61 Å². The highest BCUT2D eigenvalue weighted by molar-refractivity contribution is 5.29. The predicted molar refractivity (Wildman–Crippen MR) is 59.6 cm³/mol. The Labute approximate surface area is 98.7 Å².